The molecule has 140 valence electrons. The molecule has 2 aromatic rings. The summed E-state index contributed by atoms with van der Waals surface area (Å²) in [5, 5.41) is 18.9. The third-order valence-corrected chi connectivity index (χ3v) is 5.04. The van der Waals surface area contributed by atoms with Gasteiger partial charge in [0.25, 0.3) is 0 Å². The normalized spacial score (nSPS) is 20.1. The van der Waals surface area contributed by atoms with E-state index in [-0.39, 0.29) is 19.1 Å². The van der Waals surface area contributed by atoms with E-state index in [1.807, 2.05) is 50.4 Å². The molecule has 3 rings (SSSR count). The van der Waals surface area contributed by atoms with Gasteiger partial charge in [0.05, 0.1) is 6.61 Å². The number of aliphatic hydroxyl groups excluding tert-OH is 2. The first-order valence-corrected chi connectivity index (χ1v) is 9.17. The summed E-state index contributed by atoms with van der Waals surface area (Å²) in [7, 11) is 2.01. The molecule has 6 heteroatoms. The summed E-state index contributed by atoms with van der Waals surface area (Å²) in [5.74, 6) is 2.22. The number of aliphatic hydroxyl groups is 2. The Kier molecular flexibility index (Phi) is 6.19. The van der Waals surface area contributed by atoms with Gasteiger partial charge in [-0.3, -0.25) is 0 Å². The van der Waals surface area contributed by atoms with Crippen molar-refractivity contribution in [2.45, 2.75) is 6.92 Å². The molecule has 0 saturated carbocycles. The van der Waals surface area contributed by atoms with Crippen molar-refractivity contribution in [3.63, 3.8) is 0 Å². The van der Waals surface area contributed by atoms with Gasteiger partial charge in [0.2, 0.25) is 0 Å². The highest BCUT2D eigenvalue weighted by atomic mass is 16.3. The van der Waals surface area contributed by atoms with E-state index in [0.29, 0.717) is 12.5 Å². The molecule has 2 heterocycles. The minimum Gasteiger partial charge on any atom is -0.396 e. The maximum Gasteiger partial charge on any atom is 0.161 e. The van der Waals surface area contributed by atoms with Crippen LogP contribution in [0.4, 0.5) is 5.82 Å². The number of rotatable bonds is 7. The van der Waals surface area contributed by atoms with Crippen molar-refractivity contribution in [3.05, 3.63) is 42.1 Å². The predicted octanol–water partition coefficient (Wildman–Crippen LogP) is 1.42. The Morgan fingerprint density at radius 1 is 1.12 bits per heavy atom. The zero-order chi connectivity index (χ0) is 18.5. The number of benzene rings is 1. The van der Waals surface area contributed by atoms with Crippen molar-refractivity contribution in [2.75, 3.05) is 51.3 Å². The van der Waals surface area contributed by atoms with Crippen LogP contribution < -0.4 is 4.90 Å². The summed E-state index contributed by atoms with van der Waals surface area (Å²) in [6.45, 7) is 5.47. The molecular formula is C20H28N4O2. The fourth-order valence-electron chi connectivity index (χ4n) is 3.63. The molecule has 0 spiro atoms. The van der Waals surface area contributed by atoms with Crippen molar-refractivity contribution in [1.29, 1.82) is 0 Å². The Balaban J connectivity index is 1.80. The fraction of sp³-hybridized carbons (Fsp3) is 0.500. The first kappa shape index (κ1) is 18.8. The first-order valence-electron chi connectivity index (χ1n) is 9.17. The molecule has 0 aliphatic carbocycles. The fourth-order valence-corrected chi connectivity index (χ4v) is 3.63. The van der Waals surface area contributed by atoms with Gasteiger partial charge in [0.15, 0.2) is 5.82 Å². The highest BCUT2D eigenvalue weighted by Crippen LogP contribution is 2.29. The van der Waals surface area contributed by atoms with Crippen molar-refractivity contribution in [1.82, 2.24) is 14.9 Å². The molecule has 1 fully saturated rings. The van der Waals surface area contributed by atoms with Crippen LogP contribution in [0.3, 0.4) is 0 Å². The van der Waals surface area contributed by atoms with E-state index in [1.54, 1.807) is 0 Å². The van der Waals surface area contributed by atoms with Crippen LogP contribution in [0.2, 0.25) is 0 Å². The topological polar surface area (TPSA) is 72.7 Å². The Hall–Kier alpha value is -2.02. The summed E-state index contributed by atoms with van der Waals surface area (Å²) in [4.78, 5) is 13.7. The monoisotopic (exact) mass is 356 g/mol. The number of likely N-dealkylation sites (N-methyl/N-ethyl adjacent to an activating group) is 1. The standard InChI is InChI=1S/C20H28N4O2/c1-15-10-19(22-20(21-15)16-6-4-3-5-7-16)24-12-17(18(13-24)14-26)11-23(2)8-9-25/h3-7,10,17-18,25-26H,8-9,11-14H2,1-2H3/t17-,18-/m1/s1. The van der Waals surface area contributed by atoms with Crippen LogP contribution in [0.5, 0.6) is 0 Å². The summed E-state index contributed by atoms with van der Waals surface area (Å²) >= 11 is 0. The lowest BCUT2D eigenvalue weighted by Crippen LogP contribution is -2.33. The number of aromatic nitrogens is 2. The smallest absolute Gasteiger partial charge is 0.161 e. The van der Waals surface area contributed by atoms with Crippen LogP contribution in [0, 0.1) is 18.8 Å². The summed E-state index contributed by atoms with van der Waals surface area (Å²) in [6, 6.07) is 12.0. The van der Waals surface area contributed by atoms with Gasteiger partial charge >= 0.3 is 0 Å². The maximum absolute atomic E-state index is 9.80. The summed E-state index contributed by atoms with van der Waals surface area (Å²) in [5.41, 5.74) is 1.95. The zero-order valence-electron chi connectivity index (χ0n) is 15.5. The SMILES string of the molecule is Cc1cc(N2C[C@@H](CN(C)CCO)[C@@H](CO)C2)nc(-c2ccccc2)n1. The van der Waals surface area contributed by atoms with Gasteiger partial charge in [-0.15, -0.1) is 0 Å². The minimum absolute atomic E-state index is 0.155. The molecule has 6 nitrogen and oxygen atoms in total. The van der Waals surface area contributed by atoms with E-state index < -0.39 is 0 Å². The van der Waals surface area contributed by atoms with Crippen LogP contribution in [-0.4, -0.2) is 71.5 Å². The molecular weight excluding hydrogens is 328 g/mol. The largest absolute Gasteiger partial charge is 0.396 e. The highest BCUT2D eigenvalue weighted by Gasteiger charge is 2.33. The number of hydrogen-bond acceptors (Lipinski definition) is 6. The molecule has 0 radical (unpaired) electrons. The number of nitrogens with zero attached hydrogens (tertiary/aromatic N) is 4. The van der Waals surface area contributed by atoms with Crippen molar-refractivity contribution in [3.8, 4) is 11.4 Å². The molecule has 1 aliphatic rings. The Morgan fingerprint density at radius 3 is 2.54 bits per heavy atom. The van der Waals surface area contributed by atoms with Gasteiger partial charge in [-0.25, -0.2) is 9.97 Å². The van der Waals surface area contributed by atoms with Crippen LogP contribution in [0.25, 0.3) is 11.4 Å². The molecule has 1 saturated heterocycles. The second-order valence-corrected chi connectivity index (χ2v) is 7.15. The second-order valence-electron chi connectivity index (χ2n) is 7.15. The molecule has 26 heavy (non-hydrogen) atoms. The molecule has 0 amide bonds. The lowest BCUT2D eigenvalue weighted by Gasteiger charge is -2.23. The van der Waals surface area contributed by atoms with Crippen LogP contribution in [0.15, 0.2) is 36.4 Å². The number of aryl methyl sites for hydroxylation is 1. The van der Waals surface area contributed by atoms with Crippen LogP contribution in [0.1, 0.15) is 5.69 Å². The third-order valence-electron chi connectivity index (χ3n) is 5.04. The third kappa shape index (κ3) is 4.38. The van der Waals surface area contributed by atoms with Gasteiger partial charge in [0.1, 0.15) is 5.82 Å². The van der Waals surface area contributed by atoms with Crippen LogP contribution in [-0.2, 0) is 0 Å². The summed E-state index contributed by atoms with van der Waals surface area (Å²) in [6.07, 6.45) is 0. The van der Waals surface area contributed by atoms with Crippen LogP contribution >= 0.6 is 0 Å². The molecule has 2 N–H and O–H groups in total. The van der Waals surface area contributed by atoms with Gasteiger partial charge in [-0.2, -0.15) is 0 Å². The Labute approximate surface area is 155 Å². The maximum atomic E-state index is 9.80. The van der Waals surface area contributed by atoms with Gasteiger partial charge in [-0.1, -0.05) is 30.3 Å². The van der Waals surface area contributed by atoms with Gasteiger partial charge in [-0.05, 0) is 19.9 Å². The Bertz CT molecular complexity index is 710. The molecule has 0 bridgehead atoms. The zero-order valence-corrected chi connectivity index (χ0v) is 15.5. The lowest BCUT2D eigenvalue weighted by molar-refractivity contribution is 0.160. The van der Waals surface area contributed by atoms with Gasteiger partial charge < -0.3 is 20.0 Å². The quantitative estimate of drug-likeness (QED) is 0.782. The Morgan fingerprint density at radius 2 is 1.85 bits per heavy atom. The van der Waals surface area contributed by atoms with Crippen molar-refractivity contribution < 1.29 is 10.2 Å². The average Bonchev–Trinajstić information content (AvgIpc) is 3.05. The average molecular weight is 356 g/mol. The minimum atomic E-state index is 0.155. The van der Waals surface area contributed by atoms with E-state index in [9.17, 15) is 5.11 Å². The van der Waals surface area contributed by atoms with E-state index in [1.165, 1.54) is 0 Å². The second kappa shape index (κ2) is 8.58. The number of hydrogen-bond donors (Lipinski definition) is 2. The molecule has 1 aromatic heterocycles. The highest BCUT2D eigenvalue weighted by molar-refractivity contribution is 5.58. The van der Waals surface area contributed by atoms with E-state index in [2.05, 4.69) is 14.8 Å². The first-order chi connectivity index (χ1) is 12.6. The van der Waals surface area contributed by atoms with E-state index >= 15 is 0 Å². The lowest BCUT2D eigenvalue weighted by atomic mass is 9.96. The number of anilines is 1. The molecule has 1 aliphatic heterocycles. The van der Waals surface area contributed by atoms with E-state index in [4.69, 9.17) is 10.1 Å². The van der Waals surface area contributed by atoms with E-state index in [0.717, 1.165) is 42.5 Å². The van der Waals surface area contributed by atoms with Crippen molar-refractivity contribution >= 4 is 5.82 Å². The molecule has 1 aromatic carbocycles. The van der Waals surface area contributed by atoms with Crippen molar-refractivity contribution in [2.24, 2.45) is 11.8 Å². The predicted molar refractivity (Wildman–Crippen MR) is 103 cm³/mol. The summed E-state index contributed by atoms with van der Waals surface area (Å²) < 4.78 is 0. The molecule has 2 atom stereocenters. The molecule has 0 unspecified atom stereocenters. The van der Waals surface area contributed by atoms with Gasteiger partial charge in [0, 0.05) is 56.0 Å².